The van der Waals surface area contributed by atoms with E-state index in [4.69, 9.17) is 5.21 Å². The molecule has 6 heteroatoms. The molecule has 1 aliphatic rings. The molecule has 0 fully saturated rings. The third kappa shape index (κ3) is 2.11. The maximum absolute atomic E-state index is 11.4. The van der Waals surface area contributed by atoms with Gasteiger partial charge in [-0.05, 0) is 17.7 Å². The molecule has 1 aromatic rings. The molecule has 0 unspecified atom stereocenters. The van der Waals surface area contributed by atoms with Gasteiger partial charge in [-0.25, -0.2) is 0 Å². The van der Waals surface area contributed by atoms with Crippen LogP contribution in [0.4, 0.5) is 0 Å². The van der Waals surface area contributed by atoms with Crippen molar-refractivity contribution in [1.29, 1.82) is 0 Å². The maximum atomic E-state index is 11.4. The first-order valence-corrected chi connectivity index (χ1v) is 4.99. The van der Waals surface area contributed by atoms with Crippen LogP contribution in [0, 0.1) is 0 Å². The highest BCUT2D eigenvalue weighted by Gasteiger charge is 2.19. The van der Waals surface area contributed by atoms with Crippen molar-refractivity contribution in [2.45, 2.75) is 6.54 Å². The fourth-order valence-corrected chi connectivity index (χ4v) is 1.73. The minimum absolute atomic E-state index is 0.0628. The van der Waals surface area contributed by atoms with Gasteiger partial charge in [-0.3, -0.25) is 20.9 Å². The van der Waals surface area contributed by atoms with Gasteiger partial charge in [-0.2, -0.15) is 5.10 Å². The summed E-state index contributed by atoms with van der Waals surface area (Å²) in [4.78, 5) is 11.4. The van der Waals surface area contributed by atoms with Crippen molar-refractivity contribution in [1.82, 2.24) is 16.2 Å². The summed E-state index contributed by atoms with van der Waals surface area (Å²) in [5.74, 6) is -0.0628. The first-order chi connectivity index (χ1) is 8.26. The zero-order valence-electron chi connectivity index (χ0n) is 9.03. The van der Waals surface area contributed by atoms with Crippen molar-refractivity contribution in [2.75, 3.05) is 0 Å². The molecular formula is C11H12N4O2. The predicted octanol–water partition coefficient (Wildman–Crippen LogP) is 0.412. The monoisotopic (exact) mass is 232 g/mol. The Morgan fingerprint density at radius 1 is 1.59 bits per heavy atom. The molecule has 6 nitrogen and oxygen atoms in total. The second-order valence-electron chi connectivity index (χ2n) is 3.51. The molecule has 0 bridgehead atoms. The lowest BCUT2D eigenvalue weighted by atomic mass is 10.0. The van der Waals surface area contributed by atoms with Crippen molar-refractivity contribution in [2.24, 2.45) is 5.10 Å². The van der Waals surface area contributed by atoms with Crippen LogP contribution in [0.2, 0.25) is 0 Å². The van der Waals surface area contributed by atoms with Crippen LogP contribution in [0.1, 0.15) is 21.5 Å². The van der Waals surface area contributed by atoms with Gasteiger partial charge in [-0.1, -0.05) is 6.07 Å². The zero-order valence-corrected chi connectivity index (χ0v) is 9.03. The molecule has 0 atom stereocenters. The highest BCUT2D eigenvalue weighted by molar-refractivity contribution is 5.98. The zero-order chi connectivity index (χ0) is 12.3. The van der Waals surface area contributed by atoms with Crippen LogP contribution < -0.4 is 16.2 Å². The molecule has 1 aliphatic heterocycles. The number of nitrogens with one attached hydrogen (secondary N) is 3. The van der Waals surface area contributed by atoms with Gasteiger partial charge in [0.2, 0.25) is 0 Å². The highest BCUT2D eigenvalue weighted by Crippen LogP contribution is 2.20. The second-order valence-corrected chi connectivity index (χ2v) is 3.51. The highest BCUT2D eigenvalue weighted by atomic mass is 16.5. The largest absolute Gasteiger partial charge is 0.348 e. The molecule has 0 saturated heterocycles. The Hall–Kier alpha value is -2.34. The fraction of sp³-hybridized carbons (Fsp3) is 0.0909. The normalized spacial score (nSPS) is 13.9. The van der Waals surface area contributed by atoms with E-state index in [0.717, 1.165) is 11.1 Å². The van der Waals surface area contributed by atoms with Crippen molar-refractivity contribution in [3.63, 3.8) is 0 Å². The number of benzene rings is 1. The Kier molecular flexibility index (Phi) is 3.06. The van der Waals surface area contributed by atoms with E-state index in [1.807, 2.05) is 11.5 Å². The molecule has 1 aromatic carbocycles. The Balaban J connectivity index is 2.37. The van der Waals surface area contributed by atoms with E-state index in [9.17, 15) is 4.79 Å². The summed E-state index contributed by atoms with van der Waals surface area (Å²) in [6.07, 6.45) is 1.35. The number of hydrogen-bond donors (Lipinski definition) is 4. The van der Waals surface area contributed by atoms with E-state index >= 15 is 0 Å². The predicted molar refractivity (Wildman–Crippen MR) is 63.2 cm³/mol. The average Bonchev–Trinajstić information content (AvgIpc) is 2.70. The fourth-order valence-electron chi connectivity index (χ4n) is 1.73. The number of nitrogens with zero attached hydrogens (tertiary/aromatic N) is 1. The molecule has 1 heterocycles. The molecular weight excluding hydrogens is 220 g/mol. The number of carbonyl (C=O) groups excluding carboxylic acids is 1. The standard InChI is InChI=1S/C11H12N4O2/c1-12-15-10(6-14-17)7-2-3-9-8(4-7)5-13-11(9)16/h2-4,6,14-15,17H,1,5H2,(H,13,16)/b10-6-. The van der Waals surface area contributed by atoms with E-state index < -0.39 is 0 Å². The molecule has 2 rings (SSSR count). The summed E-state index contributed by atoms with van der Waals surface area (Å²) in [6, 6.07) is 5.36. The molecule has 0 spiro atoms. The van der Waals surface area contributed by atoms with E-state index in [-0.39, 0.29) is 5.91 Å². The van der Waals surface area contributed by atoms with E-state index in [2.05, 4.69) is 22.6 Å². The van der Waals surface area contributed by atoms with E-state index in [1.54, 1.807) is 12.1 Å². The van der Waals surface area contributed by atoms with Crippen LogP contribution >= 0.6 is 0 Å². The number of carbonyl (C=O) groups is 1. The summed E-state index contributed by atoms with van der Waals surface area (Å²) in [5.41, 5.74) is 7.54. The van der Waals surface area contributed by atoms with Gasteiger partial charge >= 0.3 is 0 Å². The number of fused-ring (bicyclic) bond motifs is 1. The molecule has 4 N–H and O–H groups in total. The van der Waals surface area contributed by atoms with Crippen LogP contribution in [0.25, 0.3) is 5.70 Å². The quantitative estimate of drug-likeness (QED) is 0.447. The molecule has 0 aromatic heterocycles. The van der Waals surface area contributed by atoms with Gasteiger partial charge in [0, 0.05) is 30.6 Å². The van der Waals surface area contributed by atoms with Gasteiger partial charge < -0.3 is 5.32 Å². The smallest absolute Gasteiger partial charge is 0.251 e. The summed E-state index contributed by atoms with van der Waals surface area (Å²) in [6.45, 7) is 3.83. The van der Waals surface area contributed by atoms with Crippen molar-refractivity contribution in [3.05, 3.63) is 41.1 Å². The van der Waals surface area contributed by atoms with Crippen LogP contribution in [0.5, 0.6) is 0 Å². The minimum Gasteiger partial charge on any atom is -0.348 e. The van der Waals surface area contributed by atoms with Crippen LogP contribution in [-0.2, 0) is 6.54 Å². The van der Waals surface area contributed by atoms with Crippen molar-refractivity contribution in [3.8, 4) is 0 Å². The first-order valence-electron chi connectivity index (χ1n) is 4.99. The molecule has 0 aliphatic carbocycles. The van der Waals surface area contributed by atoms with E-state index in [1.165, 1.54) is 6.20 Å². The lowest BCUT2D eigenvalue weighted by molar-refractivity contribution is 0.0966. The number of rotatable bonds is 4. The number of amides is 1. The van der Waals surface area contributed by atoms with Gasteiger partial charge in [-0.15, -0.1) is 0 Å². The molecule has 17 heavy (non-hydrogen) atoms. The third-order valence-corrected chi connectivity index (χ3v) is 2.51. The van der Waals surface area contributed by atoms with Gasteiger partial charge in [0.25, 0.3) is 5.91 Å². The van der Waals surface area contributed by atoms with Crippen LogP contribution in [0.15, 0.2) is 29.5 Å². The number of hydrazone groups is 1. The second kappa shape index (κ2) is 4.67. The number of hydrogen-bond acceptors (Lipinski definition) is 5. The van der Waals surface area contributed by atoms with Gasteiger partial charge in [0.05, 0.1) is 5.70 Å². The molecule has 0 saturated carbocycles. The Morgan fingerprint density at radius 2 is 2.41 bits per heavy atom. The lowest BCUT2D eigenvalue weighted by Crippen LogP contribution is -2.12. The minimum atomic E-state index is -0.0628. The van der Waals surface area contributed by atoms with E-state index in [0.29, 0.717) is 17.8 Å². The van der Waals surface area contributed by atoms with Gasteiger partial charge in [0.15, 0.2) is 0 Å². The summed E-state index contributed by atoms with van der Waals surface area (Å²) >= 11 is 0. The van der Waals surface area contributed by atoms with Gasteiger partial charge in [0.1, 0.15) is 0 Å². The Morgan fingerprint density at radius 3 is 3.12 bits per heavy atom. The van der Waals surface area contributed by atoms with Crippen molar-refractivity contribution >= 4 is 18.3 Å². The average molecular weight is 232 g/mol. The Labute approximate surface area is 98.0 Å². The topological polar surface area (TPSA) is 85.8 Å². The first kappa shape index (κ1) is 11.2. The summed E-state index contributed by atoms with van der Waals surface area (Å²) in [7, 11) is 0. The Bertz CT molecular complexity index is 496. The molecule has 88 valence electrons. The molecule has 1 amide bonds. The maximum Gasteiger partial charge on any atom is 0.251 e. The summed E-state index contributed by atoms with van der Waals surface area (Å²) < 4.78 is 0. The van der Waals surface area contributed by atoms with Crippen LogP contribution in [0.3, 0.4) is 0 Å². The lowest BCUT2D eigenvalue weighted by Gasteiger charge is -2.07. The SMILES string of the molecule is C=NN/C(=C\NO)c1ccc2c(c1)CNC2=O. The third-order valence-electron chi connectivity index (χ3n) is 2.51. The van der Waals surface area contributed by atoms with Crippen LogP contribution in [-0.4, -0.2) is 17.8 Å². The molecule has 0 radical (unpaired) electrons. The summed E-state index contributed by atoms with van der Waals surface area (Å²) in [5, 5.41) is 14.9. The van der Waals surface area contributed by atoms with Crippen molar-refractivity contribution < 1.29 is 10.0 Å². The number of hydroxylamine groups is 1.